The van der Waals surface area contributed by atoms with Crippen molar-refractivity contribution in [2.24, 2.45) is 0 Å². The monoisotopic (exact) mass is 427 g/mol. The van der Waals surface area contributed by atoms with Crippen molar-refractivity contribution in [2.45, 2.75) is 19.9 Å². The molecule has 0 aromatic heterocycles. The summed E-state index contributed by atoms with van der Waals surface area (Å²) in [5.41, 5.74) is 2.13. The largest absolute Gasteiger partial charge is 0.495 e. The van der Waals surface area contributed by atoms with Crippen LogP contribution in [0.25, 0.3) is 0 Å². The Bertz CT molecular complexity index is 911. The number of likely N-dealkylation sites (N-methyl/N-ethyl adjacent to an activating group) is 1. The molecule has 0 spiro atoms. The van der Waals surface area contributed by atoms with E-state index in [1.807, 2.05) is 12.1 Å². The maximum atomic E-state index is 12.6. The van der Waals surface area contributed by atoms with Gasteiger partial charge in [0.1, 0.15) is 11.8 Å². The van der Waals surface area contributed by atoms with Crippen molar-refractivity contribution >= 4 is 28.7 Å². The van der Waals surface area contributed by atoms with Crippen molar-refractivity contribution in [1.29, 1.82) is 0 Å². The zero-order chi connectivity index (χ0) is 22.4. The van der Waals surface area contributed by atoms with Gasteiger partial charge >= 0.3 is 0 Å². The zero-order valence-corrected chi connectivity index (χ0v) is 18.1. The number of anilines is 3. The van der Waals surface area contributed by atoms with Gasteiger partial charge in [-0.3, -0.25) is 14.9 Å². The Kier molecular flexibility index (Phi) is 7.30. The van der Waals surface area contributed by atoms with Gasteiger partial charge in [-0.2, -0.15) is 0 Å². The van der Waals surface area contributed by atoms with Gasteiger partial charge in [0, 0.05) is 49.7 Å². The second-order valence-electron chi connectivity index (χ2n) is 7.47. The van der Waals surface area contributed by atoms with Crippen molar-refractivity contribution in [1.82, 2.24) is 4.90 Å². The van der Waals surface area contributed by atoms with E-state index in [4.69, 9.17) is 4.74 Å². The van der Waals surface area contributed by atoms with Crippen molar-refractivity contribution in [3.05, 3.63) is 52.6 Å². The third-order valence-electron chi connectivity index (χ3n) is 5.48. The molecule has 9 heteroatoms. The second kappa shape index (κ2) is 10.1. The molecule has 2 N–H and O–H groups in total. The summed E-state index contributed by atoms with van der Waals surface area (Å²) >= 11 is 0. The number of hydrogen-bond donors (Lipinski definition) is 2. The minimum Gasteiger partial charge on any atom is -0.495 e. The topological polar surface area (TPSA) is 100.0 Å². The summed E-state index contributed by atoms with van der Waals surface area (Å²) in [5.74, 6) is 0.0391. The van der Waals surface area contributed by atoms with Crippen molar-refractivity contribution in [2.75, 3.05) is 55.4 Å². The molecule has 1 fully saturated rings. The highest BCUT2D eigenvalue weighted by molar-refractivity contribution is 5.97. The molecule has 0 saturated carbocycles. The Morgan fingerprint density at radius 1 is 1.16 bits per heavy atom. The fourth-order valence-corrected chi connectivity index (χ4v) is 3.55. The van der Waals surface area contributed by atoms with Crippen molar-refractivity contribution in [3.63, 3.8) is 0 Å². The third-order valence-corrected chi connectivity index (χ3v) is 5.48. The van der Waals surface area contributed by atoms with Crippen LogP contribution in [0.15, 0.2) is 42.5 Å². The number of methoxy groups -OCH3 is 1. The average molecular weight is 428 g/mol. The predicted molar refractivity (Wildman–Crippen MR) is 122 cm³/mol. The van der Waals surface area contributed by atoms with Gasteiger partial charge in [-0.25, -0.2) is 0 Å². The molecule has 31 heavy (non-hydrogen) atoms. The van der Waals surface area contributed by atoms with E-state index in [1.54, 1.807) is 6.92 Å². The molecule has 1 amide bonds. The van der Waals surface area contributed by atoms with Crippen molar-refractivity contribution in [3.8, 4) is 5.75 Å². The van der Waals surface area contributed by atoms with Crippen LogP contribution in [0.3, 0.4) is 0 Å². The lowest BCUT2D eigenvalue weighted by atomic mass is 10.2. The number of carbonyl (C=O) groups excluding carboxylic acids is 1. The van der Waals surface area contributed by atoms with Gasteiger partial charge < -0.3 is 25.2 Å². The van der Waals surface area contributed by atoms with Crippen LogP contribution in [0.1, 0.15) is 13.8 Å². The maximum absolute atomic E-state index is 12.6. The number of nitrogens with zero attached hydrogens (tertiary/aromatic N) is 3. The first kappa shape index (κ1) is 22.4. The summed E-state index contributed by atoms with van der Waals surface area (Å²) in [7, 11) is 1.45. The van der Waals surface area contributed by atoms with E-state index in [-0.39, 0.29) is 17.3 Å². The van der Waals surface area contributed by atoms with E-state index in [0.717, 1.165) is 38.4 Å². The standard InChI is InChI=1S/C22H29N5O4/c1-4-25-11-13-26(14-12-25)18-7-5-17(6-8-18)23-16(2)22(28)24-20-15-19(27(29)30)9-10-21(20)31-3/h5-10,15-16,23H,4,11-14H2,1-3H3,(H,24,28)/t16-/m1/s1. The van der Waals surface area contributed by atoms with E-state index >= 15 is 0 Å². The van der Waals surface area contributed by atoms with Gasteiger partial charge in [0.25, 0.3) is 5.69 Å². The first-order valence-electron chi connectivity index (χ1n) is 10.4. The molecule has 166 valence electrons. The van der Waals surface area contributed by atoms with Gasteiger partial charge in [-0.05, 0) is 43.8 Å². The molecule has 1 atom stereocenters. The average Bonchev–Trinajstić information content (AvgIpc) is 2.79. The number of piperazine rings is 1. The quantitative estimate of drug-likeness (QED) is 0.493. The maximum Gasteiger partial charge on any atom is 0.271 e. The van der Waals surface area contributed by atoms with Crippen LogP contribution >= 0.6 is 0 Å². The number of rotatable bonds is 8. The molecule has 1 saturated heterocycles. The van der Waals surface area contributed by atoms with E-state index in [9.17, 15) is 14.9 Å². The molecule has 9 nitrogen and oxygen atoms in total. The molecular weight excluding hydrogens is 398 g/mol. The molecule has 0 bridgehead atoms. The molecule has 3 rings (SSSR count). The lowest BCUT2D eigenvalue weighted by Gasteiger charge is -2.35. The molecule has 1 aliphatic rings. The van der Waals surface area contributed by atoms with E-state index in [1.165, 1.54) is 31.0 Å². The Morgan fingerprint density at radius 2 is 1.84 bits per heavy atom. The molecule has 0 radical (unpaired) electrons. The zero-order valence-electron chi connectivity index (χ0n) is 18.1. The summed E-state index contributed by atoms with van der Waals surface area (Å²) in [6.07, 6.45) is 0. The van der Waals surface area contributed by atoms with Crippen LogP contribution in [0.4, 0.5) is 22.7 Å². The molecular formula is C22H29N5O4. The number of hydrogen-bond acceptors (Lipinski definition) is 7. The number of carbonyl (C=O) groups is 1. The number of nitrogens with one attached hydrogen (secondary N) is 2. The summed E-state index contributed by atoms with van der Waals surface area (Å²) in [6, 6.07) is 11.6. The smallest absolute Gasteiger partial charge is 0.271 e. The number of ether oxygens (including phenoxy) is 1. The lowest BCUT2D eigenvalue weighted by Crippen LogP contribution is -2.46. The van der Waals surface area contributed by atoms with Gasteiger partial charge in [0.05, 0.1) is 17.7 Å². The first-order valence-corrected chi connectivity index (χ1v) is 10.4. The highest BCUT2D eigenvalue weighted by Crippen LogP contribution is 2.29. The number of nitro benzene ring substituents is 1. The Labute approximate surface area is 182 Å². The minimum atomic E-state index is -0.553. The number of non-ortho nitro benzene ring substituents is 1. The third kappa shape index (κ3) is 5.64. The summed E-state index contributed by atoms with van der Waals surface area (Å²) < 4.78 is 5.20. The normalized spacial score (nSPS) is 15.3. The summed E-state index contributed by atoms with van der Waals surface area (Å²) in [6.45, 7) is 9.14. The number of amides is 1. The lowest BCUT2D eigenvalue weighted by molar-refractivity contribution is -0.384. The van der Waals surface area contributed by atoms with Crippen LogP contribution in [0.2, 0.25) is 0 Å². The fraction of sp³-hybridized carbons (Fsp3) is 0.409. The Morgan fingerprint density at radius 3 is 2.42 bits per heavy atom. The molecule has 1 heterocycles. The van der Waals surface area contributed by atoms with Crippen molar-refractivity contribution < 1.29 is 14.5 Å². The van der Waals surface area contributed by atoms with Gasteiger partial charge in [-0.1, -0.05) is 6.92 Å². The molecule has 1 aliphatic heterocycles. The SMILES string of the molecule is CCN1CCN(c2ccc(N[C@H](C)C(=O)Nc3cc([N+](=O)[O-])ccc3OC)cc2)CC1. The molecule has 0 unspecified atom stereocenters. The van der Waals surface area contributed by atoms with E-state index in [2.05, 4.69) is 39.5 Å². The second-order valence-corrected chi connectivity index (χ2v) is 7.47. The van der Waals surface area contributed by atoms with Crippen LogP contribution in [-0.2, 0) is 4.79 Å². The highest BCUT2D eigenvalue weighted by atomic mass is 16.6. The Hall–Kier alpha value is -3.33. The minimum absolute atomic E-state index is 0.118. The van der Waals surface area contributed by atoms with Gasteiger partial charge in [0.2, 0.25) is 5.91 Å². The highest BCUT2D eigenvalue weighted by Gasteiger charge is 2.19. The fourth-order valence-electron chi connectivity index (χ4n) is 3.55. The van der Waals surface area contributed by atoms with Crippen LogP contribution in [-0.4, -0.2) is 61.6 Å². The van der Waals surface area contributed by atoms with E-state index < -0.39 is 11.0 Å². The number of benzene rings is 2. The van der Waals surface area contributed by atoms with Gasteiger partial charge in [-0.15, -0.1) is 0 Å². The summed E-state index contributed by atoms with van der Waals surface area (Å²) in [4.78, 5) is 27.9. The molecule has 2 aromatic carbocycles. The predicted octanol–water partition coefficient (Wildman–Crippen LogP) is 3.18. The van der Waals surface area contributed by atoms with Crippen LogP contribution in [0, 0.1) is 10.1 Å². The van der Waals surface area contributed by atoms with E-state index in [0.29, 0.717) is 5.75 Å². The number of nitro groups is 1. The first-order chi connectivity index (χ1) is 14.9. The molecule has 2 aromatic rings. The Balaban J connectivity index is 1.60. The van der Waals surface area contributed by atoms with Crippen LogP contribution in [0.5, 0.6) is 5.75 Å². The summed E-state index contributed by atoms with van der Waals surface area (Å²) in [5, 5.41) is 16.9. The van der Waals surface area contributed by atoms with Crippen LogP contribution < -0.4 is 20.3 Å². The van der Waals surface area contributed by atoms with Gasteiger partial charge in [0.15, 0.2) is 0 Å². The molecule has 0 aliphatic carbocycles.